The molecule has 2 aromatic carbocycles. The van der Waals surface area contributed by atoms with Crippen molar-refractivity contribution >= 4 is 34.1 Å². The van der Waals surface area contributed by atoms with Crippen molar-refractivity contribution in [3.8, 4) is 0 Å². The molecule has 3 N–H and O–H groups in total. The highest BCUT2D eigenvalue weighted by Gasteiger charge is 2.30. The molecule has 1 aliphatic rings. The van der Waals surface area contributed by atoms with Crippen LogP contribution in [-0.4, -0.2) is 12.1 Å². The minimum absolute atomic E-state index is 0.0530. The number of carbonyl (C=O) groups is 1. The molecule has 0 saturated heterocycles. The number of rotatable bonds is 4. The van der Waals surface area contributed by atoms with E-state index in [2.05, 4.69) is 16.0 Å². The Morgan fingerprint density at radius 1 is 0.968 bits per heavy atom. The van der Waals surface area contributed by atoms with Crippen molar-refractivity contribution in [3.05, 3.63) is 64.5 Å². The Morgan fingerprint density at radius 3 is 2.45 bits per heavy atom. The molecule has 1 heterocycles. The van der Waals surface area contributed by atoms with Gasteiger partial charge in [0.15, 0.2) is 5.69 Å². The van der Waals surface area contributed by atoms with E-state index in [4.69, 9.17) is 4.42 Å². The number of amides is 2. The molecule has 0 atom stereocenters. The molecule has 31 heavy (non-hydrogen) atoms. The zero-order chi connectivity index (χ0) is 22.0. The predicted octanol–water partition coefficient (Wildman–Crippen LogP) is 5.81. The molecule has 0 bridgehead atoms. The lowest BCUT2D eigenvalue weighted by Crippen LogP contribution is -2.26. The van der Waals surface area contributed by atoms with Gasteiger partial charge < -0.3 is 15.1 Å². The highest BCUT2D eigenvalue weighted by Crippen LogP contribution is 2.33. The first kappa shape index (κ1) is 20.8. The standard InChI is InChI=1S/C22H20F3N3O3/c23-22(24,25)13-6-5-9-15(12-13)27-21(30)28-19-18(26-14-7-1-2-8-14)16-10-3-4-11-17(16)31-20(19)29/h3-6,9-12,14,26H,1-2,7-8H2,(H2,27,28,30). The summed E-state index contributed by atoms with van der Waals surface area (Å²) < 4.78 is 44.1. The number of fused-ring (bicyclic) bond motifs is 1. The number of para-hydroxylation sites is 1. The van der Waals surface area contributed by atoms with Crippen LogP contribution in [0, 0.1) is 0 Å². The maximum Gasteiger partial charge on any atom is 0.416 e. The fourth-order valence-corrected chi connectivity index (χ4v) is 3.74. The monoisotopic (exact) mass is 431 g/mol. The molecule has 0 aliphatic heterocycles. The first-order valence-electron chi connectivity index (χ1n) is 9.89. The summed E-state index contributed by atoms with van der Waals surface area (Å²) in [7, 11) is 0. The third-order valence-corrected chi connectivity index (χ3v) is 5.20. The summed E-state index contributed by atoms with van der Waals surface area (Å²) in [6, 6.07) is 10.5. The molecule has 4 rings (SSSR count). The second kappa shape index (κ2) is 8.33. The highest BCUT2D eigenvalue weighted by molar-refractivity contribution is 6.05. The molecule has 3 aromatic rings. The van der Waals surface area contributed by atoms with E-state index in [0.717, 1.165) is 37.8 Å². The van der Waals surface area contributed by atoms with Gasteiger partial charge in [-0.3, -0.25) is 5.32 Å². The zero-order valence-electron chi connectivity index (χ0n) is 16.4. The fourth-order valence-electron chi connectivity index (χ4n) is 3.74. The van der Waals surface area contributed by atoms with E-state index in [-0.39, 0.29) is 17.4 Å². The van der Waals surface area contributed by atoms with Gasteiger partial charge in [0.05, 0.1) is 11.3 Å². The summed E-state index contributed by atoms with van der Waals surface area (Å²) in [6.45, 7) is 0. The number of alkyl halides is 3. The van der Waals surface area contributed by atoms with E-state index in [1.807, 2.05) is 0 Å². The van der Waals surface area contributed by atoms with Gasteiger partial charge in [0.1, 0.15) is 5.58 Å². The van der Waals surface area contributed by atoms with Crippen LogP contribution in [0.3, 0.4) is 0 Å². The van der Waals surface area contributed by atoms with E-state index >= 15 is 0 Å². The van der Waals surface area contributed by atoms with Crippen LogP contribution in [0.25, 0.3) is 11.0 Å². The van der Waals surface area contributed by atoms with Gasteiger partial charge in [-0.05, 0) is 43.2 Å². The Morgan fingerprint density at radius 2 is 1.71 bits per heavy atom. The van der Waals surface area contributed by atoms with Gasteiger partial charge in [0.25, 0.3) is 0 Å². The van der Waals surface area contributed by atoms with E-state index in [1.54, 1.807) is 24.3 Å². The van der Waals surface area contributed by atoms with Crippen LogP contribution in [0.4, 0.5) is 35.0 Å². The number of nitrogens with one attached hydrogen (secondary N) is 3. The maximum absolute atomic E-state index is 12.9. The van der Waals surface area contributed by atoms with Crippen LogP contribution in [-0.2, 0) is 6.18 Å². The summed E-state index contributed by atoms with van der Waals surface area (Å²) in [6.07, 6.45) is -0.535. The molecular formula is C22H20F3N3O3. The first-order chi connectivity index (χ1) is 14.8. The van der Waals surface area contributed by atoms with Crippen LogP contribution in [0.5, 0.6) is 0 Å². The Balaban J connectivity index is 1.63. The normalized spacial score (nSPS) is 14.5. The Bertz CT molecular complexity index is 1170. The summed E-state index contributed by atoms with van der Waals surface area (Å²) >= 11 is 0. The van der Waals surface area contributed by atoms with E-state index in [0.29, 0.717) is 16.7 Å². The molecule has 0 unspecified atom stereocenters. The molecule has 1 aromatic heterocycles. The SMILES string of the molecule is O=C(Nc1cccc(C(F)(F)F)c1)Nc1c(NC2CCCC2)c2ccccc2oc1=O. The van der Waals surface area contributed by atoms with Crippen molar-refractivity contribution in [2.75, 3.05) is 16.0 Å². The van der Waals surface area contributed by atoms with Crippen LogP contribution >= 0.6 is 0 Å². The Hall–Kier alpha value is -3.49. The first-order valence-corrected chi connectivity index (χ1v) is 9.89. The molecule has 1 fully saturated rings. The minimum Gasteiger partial charge on any atom is -0.421 e. The number of halogens is 3. The topological polar surface area (TPSA) is 83.4 Å². The average molecular weight is 431 g/mol. The predicted molar refractivity (Wildman–Crippen MR) is 112 cm³/mol. The third kappa shape index (κ3) is 4.65. The smallest absolute Gasteiger partial charge is 0.416 e. The lowest BCUT2D eigenvalue weighted by atomic mass is 10.1. The Labute approximate surface area is 175 Å². The summed E-state index contributed by atoms with van der Waals surface area (Å²) in [5.41, 5.74) is -0.967. The van der Waals surface area contributed by atoms with Crippen molar-refractivity contribution in [3.63, 3.8) is 0 Å². The number of anilines is 3. The summed E-state index contributed by atoms with van der Waals surface area (Å²) in [4.78, 5) is 25.1. The molecule has 6 nitrogen and oxygen atoms in total. The Kier molecular flexibility index (Phi) is 5.58. The fraction of sp³-hybridized carbons (Fsp3) is 0.273. The molecule has 9 heteroatoms. The van der Waals surface area contributed by atoms with E-state index in [9.17, 15) is 22.8 Å². The lowest BCUT2D eigenvalue weighted by molar-refractivity contribution is -0.137. The van der Waals surface area contributed by atoms with Gasteiger partial charge in [0.2, 0.25) is 0 Å². The molecule has 1 aliphatic carbocycles. The van der Waals surface area contributed by atoms with Crippen molar-refractivity contribution < 1.29 is 22.4 Å². The number of benzene rings is 2. The zero-order valence-corrected chi connectivity index (χ0v) is 16.4. The van der Waals surface area contributed by atoms with Crippen LogP contribution in [0.1, 0.15) is 31.2 Å². The van der Waals surface area contributed by atoms with Gasteiger partial charge in [-0.15, -0.1) is 0 Å². The molecule has 2 amide bonds. The molecular weight excluding hydrogens is 411 g/mol. The van der Waals surface area contributed by atoms with Crippen molar-refractivity contribution in [1.82, 2.24) is 0 Å². The largest absolute Gasteiger partial charge is 0.421 e. The van der Waals surface area contributed by atoms with Gasteiger partial charge in [0, 0.05) is 17.1 Å². The molecule has 0 radical (unpaired) electrons. The second-order valence-electron chi connectivity index (χ2n) is 7.42. The summed E-state index contributed by atoms with van der Waals surface area (Å²) in [5.74, 6) is 0. The van der Waals surface area contributed by atoms with Crippen LogP contribution < -0.4 is 21.6 Å². The third-order valence-electron chi connectivity index (χ3n) is 5.20. The molecule has 0 spiro atoms. The molecule has 1 saturated carbocycles. The van der Waals surface area contributed by atoms with Crippen molar-refractivity contribution in [2.45, 2.75) is 37.9 Å². The lowest BCUT2D eigenvalue weighted by Gasteiger charge is -2.19. The van der Waals surface area contributed by atoms with E-state index < -0.39 is 23.4 Å². The second-order valence-corrected chi connectivity index (χ2v) is 7.42. The minimum atomic E-state index is -4.54. The number of carbonyl (C=O) groups excluding carboxylic acids is 1. The van der Waals surface area contributed by atoms with Gasteiger partial charge in [-0.1, -0.05) is 31.0 Å². The van der Waals surface area contributed by atoms with Crippen LogP contribution in [0.2, 0.25) is 0 Å². The van der Waals surface area contributed by atoms with Crippen molar-refractivity contribution in [2.24, 2.45) is 0 Å². The van der Waals surface area contributed by atoms with Gasteiger partial charge >= 0.3 is 17.8 Å². The van der Waals surface area contributed by atoms with Gasteiger partial charge in [-0.2, -0.15) is 13.2 Å². The molecule has 162 valence electrons. The number of hydrogen-bond donors (Lipinski definition) is 3. The highest BCUT2D eigenvalue weighted by atomic mass is 19.4. The summed E-state index contributed by atoms with van der Waals surface area (Å²) in [5, 5.41) is 8.76. The van der Waals surface area contributed by atoms with Crippen LogP contribution in [0.15, 0.2) is 57.7 Å². The average Bonchev–Trinajstić information content (AvgIpc) is 3.23. The number of hydrogen-bond acceptors (Lipinski definition) is 4. The van der Waals surface area contributed by atoms with Crippen molar-refractivity contribution in [1.29, 1.82) is 0 Å². The number of urea groups is 1. The van der Waals surface area contributed by atoms with E-state index in [1.165, 1.54) is 12.1 Å². The quantitative estimate of drug-likeness (QED) is 0.455. The maximum atomic E-state index is 12.9. The van der Waals surface area contributed by atoms with Gasteiger partial charge in [-0.25, -0.2) is 9.59 Å².